The van der Waals surface area contributed by atoms with Crippen LogP contribution in [0.1, 0.15) is 36.0 Å². The van der Waals surface area contributed by atoms with Gasteiger partial charge in [-0.15, -0.1) is 0 Å². The van der Waals surface area contributed by atoms with E-state index in [4.69, 9.17) is 0 Å². The molecule has 3 rings (SSSR count). The average Bonchev–Trinajstić information content (AvgIpc) is 2.41. The largest absolute Gasteiger partial charge is 0.392 e. The van der Waals surface area contributed by atoms with Crippen molar-refractivity contribution in [3.8, 4) is 0 Å². The first kappa shape index (κ1) is 13.4. The van der Waals surface area contributed by atoms with Gasteiger partial charge < -0.3 is 5.11 Å². The Balaban J connectivity index is 1.81. The maximum Gasteiger partial charge on any atom is 0.0677 e. The Bertz CT molecular complexity index is 552. The fourth-order valence-electron chi connectivity index (χ4n) is 3.28. The minimum Gasteiger partial charge on any atom is -0.392 e. The third kappa shape index (κ3) is 2.38. The van der Waals surface area contributed by atoms with Crippen molar-refractivity contribution in [1.29, 1.82) is 0 Å². The SMILES string of the molecule is Cc1ccc(CC(O)C2(c3ccccc3)CCC2)cc1. The lowest BCUT2D eigenvalue weighted by molar-refractivity contribution is 0.0286. The number of aliphatic hydroxyl groups excluding tert-OH is 1. The summed E-state index contributed by atoms with van der Waals surface area (Å²) in [4.78, 5) is 0. The van der Waals surface area contributed by atoms with Gasteiger partial charge in [-0.3, -0.25) is 0 Å². The number of aryl methyl sites for hydroxylation is 1. The van der Waals surface area contributed by atoms with Crippen LogP contribution >= 0.6 is 0 Å². The van der Waals surface area contributed by atoms with Gasteiger partial charge in [-0.05, 0) is 37.3 Å². The summed E-state index contributed by atoms with van der Waals surface area (Å²) in [6.07, 6.45) is 3.88. The lowest BCUT2D eigenvalue weighted by Gasteiger charge is -2.46. The lowest BCUT2D eigenvalue weighted by atomic mass is 9.60. The van der Waals surface area contributed by atoms with E-state index in [-0.39, 0.29) is 11.5 Å². The van der Waals surface area contributed by atoms with Crippen LogP contribution in [0.5, 0.6) is 0 Å². The van der Waals surface area contributed by atoms with Gasteiger partial charge in [0.2, 0.25) is 0 Å². The number of aliphatic hydroxyl groups is 1. The topological polar surface area (TPSA) is 20.2 Å². The Morgan fingerprint density at radius 2 is 1.65 bits per heavy atom. The predicted octanol–water partition coefficient (Wildman–Crippen LogP) is 4.02. The first-order valence-electron chi connectivity index (χ1n) is 7.50. The van der Waals surface area contributed by atoms with Crippen LogP contribution in [0.15, 0.2) is 54.6 Å². The number of rotatable bonds is 4. The summed E-state index contributed by atoms with van der Waals surface area (Å²) < 4.78 is 0. The second-order valence-electron chi connectivity index (χ2n) is 6.08. The van der Waals surface area contributed by atoms with Crippen LogP contribution in [0.2, 0.25) is 0 Å². The number of hydrogen-bond donors (Lipinski definition) is 1. The number of hydrogen-bond acceptors (Lipinski definition) is 1. The third-order valence-corrected chi connectivity index (χ3v) is 4.78. The molecule has 0 saturated heterocycles. The summed E-state index contributed by atoms with van der Waals surface area (Å²) in [5, 5.41) is 10.8. The molecule has 0 spiro atoms. The molecule has 1 aliphatic rings. The Hall–Kier alpha value is -1.60. The summed E-state index contributed by atoms with van der Waals surface area (Å²) in [7, 11) is 0. The van der Waals surface area contributed by atoms with Crippen LogP contribution in [0.25, 0.3) is 0 Å². The summed E-state index contributed by atoms with van der Waals surface area (Å²) >= 11 is 0. The molecule has 2 aromatic carbocycles. The van der Waals surface area contributed by atoms with Crippen molar-refractivity contribution in [1.82, 2.24) is 0 Å². The minimum atomic E-state index is -0.290. The van der Waals surface area contributed by atoms with Gasteiger partial charge in [-0.2, -0.15) is 0 Å². The first-order chi connectivity index (χ1) is 9.71. The van der Waals surface area contributed by atoms with Gasteiger partial charge in [0.1, 0.15) is 0 Å². The maximum absolute atomic E-state index is 10.8. The Morgan fingerprint density at radius 1 is 1.00 bits per heavy atom. The van der Waals surface area contributed by atoms with E-state index in [0.717, 1.165) is 19.3 Å². The predicted molar refractivity (Wildman–Crippen MR) is 82.9 cm³/mol. The Kier molecular flexibility index (Phi) is 3.62. The van der Waals surface area contributed by atoms with Crippen molar-refractivity contribution in [3.05, 3.63) is 71.3 Å². The van der Waals surface area contributed by atoms with Crippen molar-refractivity contribution in [3.63, 3.8) is 0 Å². The second-order valence-corrected chi connectivity index (χ2v) is 6.08. The second kappa shape index (κ2) is 5.41. The van der Waals surface area contributed by atoms with E-state index in [9.17, 15) is 5.11 Å². The first-order valence-corrected chi connectivity index (χ1v) is 7.50. The maximum atomic E-state index is 10.8. The lowest BCUT2D eigenvalue weighted by Crippen LogP contribution is -2.46. The monoisotopic (exact) mass is 266 g/mol. The Morgan fingerprint density at radius 3 is 2.20 bits per heavy atom. The van der Waals surface area contributed by atoms with Crippen molar-refractivity contribution in [2.24, 2.45) is 0 Å². The van der Waals surface area contributed by atoms with Crippen molar-refractivity contribution in [2.45, 2.75) is 44.1 Å². The molecule has 1 atom stereocenters. The van der Waals surface area contributed by atoms with Gasteiger partial charge in [0.05, 0.1) is 6.10 Å². The standard InChI is InChI=1S/C19H22O/c1-15-8-10-16(11-9-15)14-18(20)19(12-5-13-19)17-6-3-2-4-7-17/h2-4,6-11,18,20H,5,12-14H2,1H3. The van der Waals surface area contributed by atoms with Crippen LogP contribution in [0.3, 0.4) is 0 Å². The molecule has 1 saturated carbocycles. The average molecular weight is 266 g/mol. The highest BCUT2D eigenvalue weighted by Crippen LogP contribution is 2.47. The van der Waals surface area contributed by atoms with Crippen molar-refractivity contribution < 1.29 is 5.11 Å². The van der Waals surface area contributed by atoms with E-state index < -0.39 is 0 Å². The molecule has 0 amide bonds. The van der Waals surface area contributed by atoms with Crippen LogP contribution in [0.4, 0.5) is 0 Å². The molecule has 1 fully saturated rings. The van der Waals surface area contributed by atoms with Crippen LogP contribution in [0, 0.1) is 6.92 Å². The normalized spacial score (nSPS) is 18.3. The van der Waals surface area contributed by atoms with Gasteiger partial charge in [0.25, 0.3) is 0 Å². The summed E-state index contributed by atoms with van der Waals surface area (Å²) in [6.45, 7) is 2.09. The molecule has 1 unspecified atom stereocenters. The molecular formula is C19H22O. The van der Waals surface area contributed by atoms with E-state index in [2.05, 4.69) is 55.5 Å². The molecule has 0 heterocycles. The Labute approximate surface area is 121 Å². The summed E-state index contributed by atoms with van der Waals surface area (Å²) in [5.41, 5.74) is 3.77. The van der Waals surface area contributed by atoms with E-state index in [1.165, 1.54) is 23.1 Å². The quantitative estimate of drug-likeness (QED) is 0.886. The molecule has 0 aromatic heterocycles. The van der Waals surface area contributed by atoms with E-state index in [0.29, 0.717) is 0 Å². The number of benzene rings is 2. The van der Waals surface area contributed by atoms with Gasteiger partial charge in [0.15, 0.2) is 0 Å². The third-order valence-electron chi connectivity index (χ3n) is 4.78. The minimum absolute atomic E-state index is 0.0217. The summed E-state index contributed by atoms with van der Waals surface area (Å²) in [6, 6.07) is 19.0. The molecule has 1 N–H and O–H groups in total. The van der Waals surface area contributed by atoms with E-state index in [1.54, 1.807) is 0 Å². The molecule has 2 aromatic rings. The molecule has 0 aliphatic heterocycles. The molecule has 20 heavy (non-hydrogen) atoms. The highest BCUT2D eigenvalue weighted by Gasteiger charge is 2.44. The fraction of sp³-hybridized carbons (Fsp3) is 0.368. The molecule has 0 bridgehead atoms. The fourth-order valence-corrected chi connectivity index (χ4v) is 3.28. The van der Waals surface area contributed by atoms with Crippen LogP contribution in [-0.4, -0.2) is 11.2 Å². The van der Waals surface area contributed by atoms with E-state index in [1.807, 2.05) is 6.07 Å². The molecule has 1 heteroatoms. The van der Waals surface area contributed by atoms with Gasteiger partial charge in [-0.25, -0.2) is 0 Å². The van der Waals surface area contributed by atoms with Gasteiger partial charge >= 0.3 is 0 Å². The zero-order chi connectivity index (χ0) is 14.0. The van der Waals surface area contributed by atoms with E-state index >= 15 is 0 Å². The highest BCUT2D eigenvalue weighted by molar-refractivity contribution is 5.31. The molecule has 1 aliphatic carbocycles. The zero-order valence-corrected chi connectivity index (χ0v) is 12.0. The van der Waals surface area contributed by atoms with Crippen molar-refractivity contribution in [2.75, 3.05) is 0 Å². The van der Waals surface area contributed by atoms with Crippen LogP contribution < -0.4 is 0 Å². The highest BCUT2D eigenvalue weighted by atomic mass is 16.3. The van der Waals surface area contributed by atoms with Gasteiger partial charge in [0, 0.05) is 5.41 Å². The van der Waals surface area contributed by atoms with Gasteiger partial charge in [-0.1, -0.05) is 66.6 Å². The molecule has 0 radical (unpaired) electrons. The zero-order valence-electron chi connectivity index (χ0n) is 12.0. The van der Waals surface area contributed by atoms with Crippen molar-refractivity contribution >= 4 is 0 Å². The van der Waals surface area contributed by atoms with Crippen LogP contribution in [-0.2, 0) is 11.8 Å². The summed E-state index contributed by atoms with van der Waals surface area (Å²) in [5.74, 6) is 0. The molecule has 1 nitrogen and oxygen atoms in total. The molecular weight excluding hydrogens is 244 g/mol. The molecule has 104 valence electrons. The smallest absolute Gasteiger partial charge is 0.0677 e.